The van der Waals surface area contributed by atoms with Crippen LogP contribution in [0, 0.1) is 5.82 Å². The van der Waals surface area contributed by atoms with E-state index in [-0.39, 0.29) is 12.5 Å². The van der Waals surface area contributed by atoms with Gasteiger partial charge in [0.2, 0.25) is 0 Å². The number of carbonyl (C=O) groups excluding carboxylic acids is 2. The molecule has 1 aliphatic heterocycles. The molecule has 2 aromatic carbocycles. The van der Waals surface area contributed by atoms with Crippen LogP contribution in [0.25, 0.3) is 0 Å². The number of rotatable bonds is 5. The molecule has 1 aliphatic rings. The highest BCUT2D eigenvalue weighted by atomic mass is 79.9. The molecule has 0 saturated carbocycles. The average molecular weight is 405 g/mol. The van der Waals surface area contributed by atoms with E-state index in [4.69, 9.17) is 0 Å². The molecule has 2 aromatic rings. The highest BCUT2D eigenvalue weighted by Gasteiger charge is 2.47. The highest BCUT2D eigenvalue weighted by Crippen LogP contribution is 2.26. The lowest BCUT2D eigenvalue weighted by Gasteiger charge is -2.21. The van der Waals surface area contributed by atoms with Crippen molar-refractivity contribution in [3.8, 4) is 0 Å². The molecular weight excluding hydrogens is 387 g/mol. The largest absolute Gasteiger partial charge is 0.325 e. The van der Waals surface area contributed by atoms with E-state index in [0.717, 1.165) is 10.5 Å². The van der Waals surface area contributed by atoms with Crippen LogP contribution in [0.5, 0.6) is 0 Å². The van der Waals surface area contributed by atoms with Gasteiger partial charge in [-0.05, 0) is 37.5 Å². The number of hydrogen-bond acceptors (Lipinski definition) is 2. The van der Waals surface area contributed by atoms with Crippen LogP contribution in [0.3, 0.4) is 0 Å². The van der Waals surface area contributed by atoms with Crippen molar-refractivity contribution in [2.24, 2.45) is 0 Å². The van der Waals surface area contributed by atoms with Crippen LogP contribution in [0.2, 0.25) is 0 Å². The Balaban J connectivity index is 1.72. The molecule has 0 spiro atoms. The maximum atomic E-state index is 14.0. The lowest BCUT2D eigenvalue weighted by molar-refractivity contribution is -0.131. The number of nitrogens with zero attached hydrogens (tertiary/aromatic N) is 1. The van der Waals surface area contributed by atoms with Gasteiger partial charge in [-0.3, -0.25) is 9.69 Å². The quantitative estimate of drug-likeness (QED) is 0.764. The second-order valence-corrected chi connectivity index (χ2v) is 7.29. The van der Waals surface area contributed by atoms with Crippen LogP contribution in [-0.4, -0.2) is 22.4 Å². The molecule has 0 aliphatic carbocycles. The lowest BCUT2D eigenvalue weighted by atomic mass is 9.93. The van der Waals surface area contributed by atoms with Crippen LogP contribution in [0.15, 0.2) is 53.0 Å². The van der Waals surface area contributed by atoms with Crippen molar-refractivity contribution in [1.29, 1.82) is 0 Å². The number of amides is 3. The molecule has 1 fully saturated rings. The predicted octanol–water partition coefficient (Wildman–Crippen LogP) is 4.03. The summed E-state index contributed by atoms with van der Waals surface area (Å²) in [7, 11) is 0. The fourth-order valence-corrected chi connectivity index (χ4v) is 3.25. The number of hydrogen-bond donors (Lipinski definition) is 1. The first-order valence-electron chi connectivity index (χ1n) is 8.01. The Morgan fingerprint density at radius 1 is 1.16 bits per heavy atom. The molecule has 6 heteroatoms. The molecule has 1 N–H and O–H groups in total. The van der Waals surface area contributed by atoms with Gasteiger partial charge in [0.15, 0.2) is 0 Å². The average Bonchev–Trinajstić information content (AvgIpc) is 2.80. The summed E-state index contributed by atoms with van der Waals surface area (Å²) in [5.41, 5.74) is 0.431. The zero-order chi connectivity index (χ0) is 18.0. The third-order valence-electron chi connectivity index (χ3n) is 4.45. The molecule has 3 amide bonds. The standard InChI is InChI=1S/C19H18BrFN2O2/c1-19(10-9-13-5-3-2-4-6-13)17(24)23(18(25)22-19)12-14-7-8-15(20)11-16(14)21/h2-8,11H,9-10,12H2,1H3,(H,22,25)/t19-/m1/s1. The summed E-state index contributed by atoms with van der Waals surface area (Å²) in [6, 6.07) is 13.9. The van der Waals surface area contributed by atoms with Gasteiger partial charge in [0.1, 0.15) is 11.4 Å². The third kappa shape index (κ3) is 3.74. The molecule has 1 atom stereocenters. The molecular formula is C19H18BrFN2O2. The monoisotopic (exact) mass is 404 g/mol. The van der Waals surface area contributed by atoms with Gasteiger partial charge < -0.3 is 5.32 Å². The Bertz CT molecular complexity index is 812. The predicted molar refractivity (Wildman–Crippen MR) is 96.3 cm³/mol. The van der Waals surface area contributed by atoms with Crippen molar-refractivity contribution in [3.05, 3.63) is 69.9 Å². The van der Waals surface area contributed by atoms with Crippen LogP contribution in [-0.2, 0) is 17.8 Å². The summed E-state index contributed by atoms with van der Waals surface area (Å²) in [6.07, 6.45) is 1.16. The Kier molecular flexibility index (Phi) is 4.90. The molecule has 0 radical (unpaired) electrons. The lowest BCUT2D eigenvalue weighted by Crippen LogP contribution is -2.44. The second kappa shape index (κ2) is 6.96. The smallest absolute Gasteiger partial charge is 0.323 e. The number of urea groups is 1. The highest BCUT2D eigenvalue weighted by molar-refractivity contribution is 9.10. The molecule has 4 nitrogen and oxygen atoms in total. The summed E-state index contributed by atoms with van der Waals surface area (Å²) in [4.78, 5) is 26.1. The minimum Gasteiger partial charge on any atom is -0.323 e. The van der Waals surface area contributed by atoms with E-state index in [9.17, 15) is 14.0 Å². The van der Waals surface area contributed by atoms with E-state index in [2.05, 4.69) is 21.2 Å². The molecule has 0 aromatic heterocycles. The first-order valence-corrected chi connectivity index (χ1v) is 8.80. The van der Waals surface area contributed by atoms with Crippen molar-refractivity contribution in [1.82, 2.24) is 10.2 Å². The Labute approximate surface area is 154 Å². The van der Waals surface area contributed by atoms with Crippen molar-refractivity contribution < 1.29 is 14.0 Å². The van der Waals surface area contributed by atoms with Crippen LogP contribution in [0.4, 0.5) is 9.18 Å². The fraction of sp³-hybridized carbons (Fsp3) is 0.263. The normalized spacial score (nSPS) is 20.0. The summed E-state index contributed by atoms with van der Waals surface area (Å²) >= 11 is 3.19. The zero-order valence-electron chi connectivity index (χ0n) is 13.8. The Morgan fingerprint density at radius 3 is 2.56 bits per heavy atom. The molecule has 1 saturated heterocycles. The van der Waals surface area contributed by atoms with E-state index >= 15 is 0 Å². The first kappa shape index (κ1) is 17.6. The van der Waals surface area contributed by atoms with Crippen LogP contribution < -0.4 is 5.32 Å². The van der Waals surface area contributed by atoms with Gasteiger partial charge in [0, 0.05) is 10.0 Å². The number of aryl methyl sites for hydroxylation is 1. The van der Waals surface area contributed by atoms with E-state index in [1.54, 1.807) is 19.1 Å². The summed E-state index contributed by atoms with van der Waals surface area (Å²) in [5.74, 6) is -0.774. The maximum Gasteiger partial charge on any atom is 0.325 e. The van der Waals surface area contributed by atoms with Crippen LogP contribution >= 0.6 is 15.9 Å². The minimum atomic E-state index is -0.973. The van der Waals surface area contributed by atoms with Gasteiger partial charge >= 0.3 is 6.03 Å². The molecule has 3 rings (SSSR count). The molecule has 25 heavy (non-hydrogen) atoms. The summed E-state index contributed by atoms with van der Waals surface area (Å²) < 4.78 is 14.6. The Morgan fingerprint density at radius 2 is 1.88 bits per heavy atom. The minimum absolute atomic E-state index is 0.0787. The van der Waals surface area contributed by atoms with Crippen molar-refractivity contribution in [2.75, 3.05) is 0 Å². The van der Waals surface area contributed by atoms with E-state index < -0.39 is 17.4 Å². The Hall–Kier alpha value is -2.21. The number of carbonyl (C=O) groups is 2. The van der Waals surface area contributed by atoms with Gasteiger partial charge in [-0.15, -0.1) is 0 Å². The topological polar surface area (TPSA) is 49.4 Å². The molecule has 0 unspecified atom stereocenters. The first-order chi connectivity index (χ1) is 11.9. The van der Waals surface area contributed by atoms with Gasteiger partial charge in [-0.25, -0.2) is 9.18 Å². The number of imide groups is 1. The van der Waals surface area contributed by atoms with Crippen LogP contribution in [0.1, 0.15) is 24.5 Å². The van der Waals surface area contributed by atoms with Crippen molar-refractivity contribution >= 4 is 27.9 Å². The van der Waals surface area contributed by atoms with Gasteiger partial charge in [0.25, 0.3) is 5.91 Å². The van der Waals surface area contributed by atoms with E-state index in [1.807, 2.05) is 30.3 Å². The molecule has 130 valence electrons. The fourth-order valence-electron chi connectivity index (χ4n) is 2.92. The number of halogens is 2. The van der Waals surface area contributed by atoms with Crippen molar-refractivity contribution in [2.45, 2.75) is 31.8 Å². The van der Waals surface area contributed by atoms with Gasteiger partial charge in [-0.2, -0.15) is 0 Å². The summed E-state index contributed by atoms with van der Waals surface area (Å²) in [6.45, 7) is 1.64. The van der Waals surface area contributed by atoms with E-state index in [0.29, 0.717) is 22.9 Å². The molecule has 0 bridgehead atoms. The van der Waals surface area contributed by atoms with Gasteiger partial charge in [0.05, 0.1) is 6.54 Å². The number of nitrogens with one attached hydrogen (secondary N) is 1. The SMILES string of the molecule is C[C@]1(CCc2ccccc2)NC(=O)N(Cc2ccc(Br)cc2F)C1=O. The third-order valence-corrected chi connectivity index (χ3v) is 4.94. The van der Waals surface area contributed by atoms with E-state index in [1.165, 1.54) is 6.07 Å². The molecule has 1 heterocycles. The van der Waals surface area contributed by atoms with Crippen molar-refractivity contribution in [3.63, 3.8) is 0 Å². The second-order valence-electron chi connectivity index (χ2n) is 6.37. The number of benzene rings is 2. The maximum absolute atomic E-state index is 14.0. The zero-order valence-corrected chi connectivity index (χ0v) is 15.3. The van der Waals surface area contributed by atoms with Gasteiger partial charge in [-0.1, -0.05) is 52.3 Å². The summed E-state index contributed by atoms with van der Waals surface area (Å²) in [5, 5.41) is 2.76.